The molecule has 1 aromatic rings. The largest absolute Gasteiger partial charge is 0.349 e. The lowest BCUT2D eigenvalue weighted by molar-refractivity contribution is -0.107. The Bertz CT molecular complexity index is 269. The summed E-state index contributed by atoms with van der Waals surface area (Å²) in [5, 5.41) is 2.63. The second-order valence-electron chi connectivity index (χ2n) is 2.50. The smallest absolute Gasteiger partial charge is 0.287 e. The van der Waals surface area contributed by atoms with Crippen LogP contribution in [0.1, 0.15) is 23.5 Å². The number of carbonyl (C=O) groups is 2. The van der Waals surface area contributed by atoms with Crippen LogP contribution in [0.25, 0.3) is 0 Å². The average molecular weight is 181 g/mol. The van der Waals surface area contributed by atoms with Gasteiger partial charge in [-0.05, 0) is 6.42 Å². The zero-order chi connectivity index (χ0) is 9.52. The molecule has 0 saturated carbocycles. The number of unbranched alkanes of at least 4 members (excludes halogenated alkanes) is 1. The van der Waals surface area contributed by atoms with Gasteiger partial charge in [0.25, 0.3) is 5.91 Å². The van der Waals surface area contributed by atoms with E-state index in [1.54, 1.807) is 6.20 Å². The van der Waals surface area contributed by atoms with Crippen LogP contribution in [-0.4, -0.2) is 28.7 Å². The Morgan fingerprint density at radius 2 is 2.54 bits per heavy atom. The van der Waals surface area contributed by atoms with Gasteiger partial charge in [-0.1, -0.05) is 0 Å². The molecule has 0 atom stereocenters. The summed E-state index contributed by atoms with van der Waals surface area (Å²) in [5.74, 6) is 0.0574. The Morgan fingerprint density at radius 3 is 3.15 bits per heavy atom. The highest BCUT2D eigenvalue weighted by atomic mass is 16.2. The van der Waals surface area contributed by atoms with Crippen LogP contribution in [0.3, 0.4) is 0 Å². The van der Waals surface area contributed by atoms with Gasteiger partial charge in [-0.25, -0.2) is 4.98 Å². The van der Waals surface area contributed by atoms with E-state index in [1.165, 1.54) is 6.20 Å². The van der Waals surface area contributed by atoms with Gasteiger partial charge in [0.15, 0.2) is 5.82 Å². The van der Waals surface area contributed by atoms with Crippen LogP contribution in [0.5, 0.6) is 0 Å². The molecule has 0 radical (unpaired) electrons. The van der Waals surface area contributed by atoms with Gasteiger partial charge in [0.1, 0.15) is 6.29 Å². The highest BCUT2D eigenvalue weighted by molar-refractivity contribution is 5.90. The third kappa shape index (κ3) is 3.06. The molecule has 70 valence electrons. The van der Waals surface area contributed by atoms with Gasteiger partial charge in [-0.2, -0.15) is 0 Å². The maximum atomic E-state index is 11.2. The predicted octanol–water partition coefficient (Wildman–Crippen LogP) is 0.119. The molecule has 1 aromatic heterocycles. The standard InChI is InChI=1S/C8H11N3O2/c12-6-2-1-3-11-8(13)7-9-4-5-10-7/h4-6H,1-3H2,(H,9,10)(H,11,13). The van der Waals surface area contributed by atoms with Crippen molar-refractivity contribution in [2.75, 3.05) is 6.54 Å². The molecule has 2 N–H and O–H groups in total. The number of amides is 1. The molecule has 1 heterocycles. The maximum Gasteiger partial charge on any atom is 0.287 e. The van der Waals surface area contributed by atoms with Crippen molar-refractivity contribution in [1.82, 2.24) is 15.3 Å². The topological polar surface area (TPSA) is 74.8 Å². The van der Waals surface area contributed by atoms with Crippen molar-refractivity contribution in [3.8, 4) is 0 Å². The summed E-state index contributed by atoms with van der Waals surface area (Å²) < 4.78 is 0. The number of imidazole rings is 1. The molecule has 0 fully saturated rings. The summed E-state index contributed by atoms with van der Waals surface area (Å²) in [4.78, 5) is 27.6. The van der Waals surface area contributed by atoms with Crippen LogP contribution in [0.15, 0.2) is 12.4 Å². The van der Waals surface area contributed by atoms with Crippen LogP contribution < -0.4 is 5.32 Å². The Balaban J connectivity index is 2.23. The van der Waals surface area contributed by atoms with E-state index in [0.717, 1.165) is 6.29 Å². The number of nitrogens with one attached hydrogen (secondary N) is 2. The number of hydrogen-bond acceptors (Lipinski definition) is 3. The Labute approximate surface area is 75.6 Å². The molecular formula is C8H11N3O2. The van der Waals surface area contributed by atoms with Gasteiger partial charge in [-0.3, -0.25) is 4.79 Å². The van der Waals surface area contributed by atoms with E-state index in [2.05, 4.69) is 15.3 Å². The van der Waals surface area contributed by atoms with E-state index in [-0.39, 0.29) is 5.91 Å². The minimum atomic E-state index is -0.240. The summed E-state index contributed by atoms with van der Waals surface area (Å²) >= 11 is 0. The predicted molar refractivity (Wildman–Crippen MR) is 46.2 cm³/mol. The fourth-order valence-corrected chi connectivity index (χ4v) is 0.860. The zero-order valence-electron chi connectivity index (χ0n) is 7.12. The van der Waals surface area contributed by atoms with E-state index < -0.39 is 0 Å². The van der Waals surface area contributed by atoms with Gasteiger partial charge in [0.05, 0.1) is 0 Å². The fourth-order valence-electron chi connectivity index (χ4n) is 0.860. The van der Waals surface area contributed by atoms with E-state index in [9.17, 15) is 9.59 Å². The summed E-state index contributed by atoms with van der Waals surface area (Å²) in [7, 11) is 0. The molecular weight excluding hydrogens is 170 g/mol. The van der Waals surface area contributed by atoms with Crippen molar-refractivity contribution in [2.45, 2.75) is 12.8 Å². The second kappa shape index (κ2) is 5.08. The summed E-state index contributed by atoms with van der Waals surface area (Å²) in [6, 6.07) is 0. The SMILES string of the molecule is O=CCCCNC(=O)c1ncc[nH]1. The van der Waals surface area contributed by atoms with Gasteiger partial charge in [0, 0.05) is 25.4 Å². The summed E-state index contributed by atoms with van der Waals surface area (Å²) in [6.07, 6.45) is 5.06. The summed E-state index contributed by atoms with van der Waals surface area (Å²) in [5.41, 5.74) is 0. The molecule has 0 aliphatic carbocycles. The maximum absolute atomic E-state index is 11.2. The highest BCUT2D eigenvalue weighted by Gasteiger charge is 2.05. The van der Waals surface area contributed by atoms with E-state index in [0.29, 0.717) is 25.2 Å². The minimum Gasteiger partial charge on any atom is -0.349 e. The van der Waals surface area contributed by atoms with Crippen molar-refractivity contribution >= 4 is 12.2 Å². The van der Waals surface area contributed by atoms with E-state index >= 15 is 0 Å². The van der Waals surface area contributed by atoms with E-state index in [4.69, 9.17) is 0 Å². The summed E-state index contributed by atoms with van der Waals surface area (Å²) in [6.45, 7) is 0.498. The van der Waals surface area contributed by atoms with Gasteiger partial charge >= 0.3 is 0 Å². The molecule has 0 saturated heterocycles. The number of rotatable bonds is 5. The first-order valence-electron chi connectivity index (χ1n) is 4.06. The molecule has 1 rings (SSSR count). The Morgan fingerprint density at radius 1 is 1.69 bits per heavy atom. The minimum absolute atomic E-state index is 0.240. The molecule has 5 nitrogen and oxygen atoms in total. The zero-order valence-corrected chi connectivity index (χ0v) is 7.12. The van der Waals surface area contributed by atoms with Crippen molar-refractivity contribution in [1.29, 1.82) is 0 Å². The lowest BCUT2D eigenvalue weighted by Gasteiger charge is -1.99. The number of carbonyl (C=O) groups excluding carboxylic acids is 2. The van der Waals surface area contributed by atoms with Crippen LogP contribution in [0.4, 0.5) is 0 Å². The van der Waals surface area contributed by atoms with Gasteiger partial charge in [0.2, 0.25) is 0 Å². The molecule has 0 bridgehead atoms. The van der Waals surface area contributed by atoms with Crippen molar-refractivity contribution in [3.05, 3.63) is 18.2 Å². The second-order valence-corrected chi connectivity index (χ2v) is 2.50. The quantitative estimate of drug-likeness (QED) is 0.500. The van der Waals surface area contributed by atoms with Gasteiger partial charge < -0.3 is 15.1 Å². The number of aromatic amines is 1. The first-order chi connectivity index (χ1) is 6.34. The fraction of sp³-hybridized carbons (Fsp3) is 0.375. The molecule has 13 heavy (non-hydrogen) atoms. The Hall–Kier alpha value is -1.65. The van der Waals surface area contributed by atoms with Crippen LogP contribution in [0.2, 0.25) is 0 Å². The molecule has 0 spiro atoms. The molecule has 1 amide bonds. The number of H-pyrrole nitrogens is 1. The molecule has 0 aliphatic heterocycles. The number of nitrogens with zero attached hydrogens (tertiary/aromatic N) is 1. The monoisotopic (exact) mass is 181 g/mol. The number of aldehydes is 1. The Kier molecular flexibility index (Phi) is 3.69. The average Bonchev–Trinajstić information content (AvgIpc) is 2.65. The van der Waals surface area contributed by atoms with E-state index in [1.807, 2.05) is 0 Å². The number of aromatic nitrogens is 2. The lowest BCUT2D eigenvalue weighted by atomic mass is 10.3. The van der Waals surface area contributed by atoms with Crippen LogP contribution >= 0.6 is 0 Å². The molecule has 0 aromatic carbocycles. The van der Waals surface area contributed by atoms with Crippen molar-refractivity contribution in [2.24, 2.45) is 0 Å². The lowest BCUT2D eigenvalue weighted by Crippen LogP contribution is -2.25. The highest BCUT2D eigenvalue weighted by Crippen LogP contribution is 1.88. The molecule has 0 unspecified atom stereocenters. The first kappa shape index (κ1) is 9.44. The first-order valence-corrected chi connectivity index (χ1v) is 4.06. The van der Waals surface area contributed by atoms with Crippen LogP contribution in [0, 0.1) is 0 Å². The normalized spacial score (nSPS) is 9.54. The van der Waals surface area contributed by atoms with Crippen molar-refractivity contribution in [3.63, 3.8) is 0 Å². The van der Waals surface area contributed by atoms with Crippen LogP contribution in [-0.2, 0) is 4.79 Å². The third-order valence-corrected chi connectivity index (χ3v) is 1.50. The van der Waals surface area contributed by atoms with Crippen molar-refractivity contribution < 1.29 is 9.59 Å². The molecule has 0 aliphatic rings. The number of hydrogen-bond donors (Lipinski definition) is 2. The third-order valence-electron chi connectivity index (χ3n) is 1.50. The molecule has 5 heteroatoms. The van der Waals surface area contributed by atoms with Gasteiger partial charge in [-0.15, -0.1) is 0 Å².